The van der Waals surface area contributed by atoms with E-state index in [0.29, 0.717) is 5.89 Å². The Morgan fingerprint density at radius 1 is 0.538 bits per heavy atom. The van der Waals surface area contributed by atoms with Crippen molar-refractivity contribution in [2.45, 2.75) is 19.3 Å². The number of nitrogens with zero attached hydrogens (tertiary/aromatic N) is 2. The van der Waals surface area contributed by atoms with E-state index in [1.807, 2.05) is 41.7 Å². The van der Waals surface area contributed by atoms with Crippen molar-refractivity contribution in [2.75, 3.05) is 4.90 Å². The van der Waals surface area contributed by atoms with Crippen LogP contribution in [0.5, 0.6) is 0 Å². The number of oxazole rings is 1. The van der Waals surface area contributed by atoms with Crippen LogP contribution in [0, 0.1) is 0 Å². The fourth-order valence-electron chi connectivity index (χ4n) is 8.57. The fraction of sp³-hybridized carbons (Fsp3) is 0.0625. The molecule has 11 rings (SSSR count). The number of thiophene rings is 1. The van der Waals surface area contributed by atoms with E-state index in [-0.39, 0.29) is 5.41 Å². The van der Waals surface area contributed by atoms with Gasteiger partial charge in [-0.1, -0.05) is 86.6 Å². The molecule has 1 aliphatic rings. The molecule has 0 N–H and O–H groups in total. The highest BCUT2D eigenvalue weighted by molar-refractivity contribution is 7.25. The Hall–Kier alpha value is -6.23. The summed E-state index contributed by atoms with van der Waals surface area (Å²) in [4.78, 5) is 7.25. The van der Waals surface area contributed by atoms with E-state index < -0.39 is 0 Å². The minimum atomic E-state index is -0.193. The Morgan fingerprint density at radius 2 is 1.27 bits per heavy atom. The Labute approximate surface area is 305 Å². The molecule has 10 aromatic rings. The standard InChI is InChI=1S/C48H32N2OS/c1-48(2)41-27-30-17-18-33(50(32-13-7-4-8-14-32)34-19-24-44-40(28-34)35-15-9-10-16-43(35)52-44)25-31(30)26-39(41)37-20-21-38-36(45(37)48)22-23-42-46(38)51-47(49-42)29-11-5-3-6-12-29/h3-28H,1-2H3. The van der Waals surface area contributed by atoms with E-state index in [1.165, 1.54) is 58.6 Å². The van der Waals surface area contributed by atoms with Crippen LogP contribution in [0.25, 0.3) is 75.4 Å². The first kappa shape index (κ1) is 29.5. The normalized spacial score (nSPS) is 13.3. The summed E-state index contributed by atoms with van der Waals surface area (Å²) < 4.78 is 9.09. The average Bonchev–Trinajstić information content (AvgIpc) is 3.85. The van der Waals surface area contributed by atoms with Crippen LogP contribution in [0.15, 0.2) is 162 Å². The van der Waals surface area contributed by atoms with Crippen LogP contribution in [-0.4, -0.2) is 4.98 Å². The molecule has 0 atom stereocenters. The molecule has 0 aliphatic heterocycles. The van der Waals surface area contributed by atoms with Gasteiger partial charge in [-0.25, -0.2) is 4.98 Å². The van der Waals surface area contributed by atoms with Crippen molar-refractivity contribution < 1.29 is 4.42 Å². The molecule has 0 unspecified atom stereocenters. The third-order valence-corrected chi connectivity index (χ3v) is 12.2. The first-order chi connectivity index (χ1) is 25.5. The Morgan fingerprint density at radius 3 is 2.13 bits per heavy atom. The molecule has 52 heavy (non-hydrogen) atoms. The van der Waals surface area contributed by atoms with E-state index in [4.69, 9.17) is 9.40 Å². The van der Waals surface area contributed by atoms with E-state index >= 15 is 0 Å². The van der Waals surface area contributed by atoms with Gasteiger partial charge in [-0.3, -0.25) is 0 Å². The van der Waals surface area contributed by atoms with Crippen LogP contribution in [-0.2, 0) is 5.41 Å². The first-order valence-corrected chi connectivity index (χ1v) is 18.6. The van der Waals surface area contributed by atoms with Gasteiger partial charge in [0.2, 0.25) is 5.89 Å². The maximum absolute atomic E-state index is 6.47. The van der Waals surface area contributed by atoms with Gasteiger partial charge in [0.05, 0.1) is 0 Å². The lowest BCUT2D eigenvalue weighted by Gasteiger charge is -2.26. The zero-order valence-electron chi connectivity index (χ0n) is 28.7. The molecule has 0 bridgehead atoms. The van der Waals surface area contributed by atoms with Gasteiger partial charge < -0.3 is 9.32 Å². The third kappa shape index (κ3) is 4.28. The Bertz CT molecular complexity index is 3050. The number of para-hydroxylation sites is 1. The molecule has 2 heterocycles. The lowest BCUT2D eigenvalue weighted by Crippen LogP contribution is -2.15. The summed E-state index contributed by atoms with van der Waals surface area (Å²) in [6, 6.07) is 57.1. The highest BCUT2D eigenvalue weighted by Crippen LogP contribution is 2.53. The summed E-state index contributed by atoms with van der Waals surface area (Å²) in [5, 5.41) is 7.39. The molecule has 4 heteroatoms. The molecule has 2 aromatic heterocycles. The molecule has 0 saturated carbocycles. The van der Waals surface area contributed by atoms with E-state index in [2.05, 4.69) is 146 Å². The number of rotatable bonds is 4. The fourth-order valence-corrected chi connectivity index (χ4v) is 9.66. The highest BCUT2D eigenvalue weighted by atomic mass is 32.1. The second-order valence-corrected chi connectivity index (χ2v) is 15.5. The van der Waals surface area contributed by atoms with Crippen LogP contribution in [0.2, 0.25) is 0 Å². The number of aromatic nitrogens is 1. The minimum absolute atomic E-state index is 0.193. The molecule has 0 fully saturated rings. The second-order valence-electron chi connectivity index (χ2n) is 14.4. The smallest absolute Gasteiger partial charge is 0.227 e. The van der Waals surface area contributed by atoms with Crippen molar-refractivity contribution in [1.29, 1.82) is 0 Å². The van der Waals surface area contributed by atoms with Gasteiger partial charge in [0.15, 0.2) is 5.58 Å². The van der Waals surface area contributed by atoms with E-state index in [0.717, 1.165) is 39.1 Å². The van der Waals surface area contributed by atoms with Crippen LogP contribution < -0.4 is 4.90 Å². The molecule has 0 radical (unpaired) electrons. The van der Waals surface area contributed by atoms with Crippen molar-refractivity contribution in [2.24, 2.45) is 0 Å². The Kier molecular flexibility index (Phi) is 6.17. The predicted molar refractivity (Wildman–Crippen MR) is 220 cm³/mol. The lowest BCUT2D eigenvalue weighted by molar-refractivity contribution is 0.623. The number of hydrogen-bond acceptors (Lipinski definition) is 4. The number of anilines is 3. The SMILES string of the molecule is CC1(C)c2cc3ccc(N(c4ccccc4)c4ccc5sc6ccccc6c5c4)cc3cc2-c2ccc3c(ccc4nc(-c5ccccc5)oc43)c21. The maximum atomic E-state index is 6.47. The van der Waals surface area contributed by atoms with Crippen LogP contribution >= 0.6 is 11.3 Å². The van der Waals surface area contributed by atoms with Gasteiger partial charge in [0.1, 0.15) is 5.52 Å². The number of benzene rings is 8. The minimum Gasteiger partial charge on any atom is -0.435 e. The molecule has 3 nitrogen and oxygen atoms in total. The maximum Gasteiger partial charge on any atom is 0.227 e. The summed E-state index contributed by atoms with van der Waals surface area (Å²) in [7, 11) is 0. The summed E-state index contributed by atoms with van der Waals surface area (Å²) in [6.07, 6.45) is 0. The van der Waals surface area contributed by atoms with E-state index in [1.54, 1.807) is 0 Å². The van der Waals surface area contributed by atoms with Crippen molar-refractivity contribution in [3.05, 3.63) is 169 Å². The van der Waals surface area contributed by atoms with Gasteiger partial charge in [-0.2, -0.15) is 0 Å². The molecule has 0 spiro atoms. The lowest BCUT2D eigenvalue weighted by atomic mass is 9.80. The van der Waals surface area contributed by atoms with Crippen molar-refractivity contribution in [1.82, 2.24) is 4.98 Å². The van der Waals surface area contributed by atoms with Gasteiger partial charge in [-0.05, 0) is 123 Å². The van der Waals surface area contributed by atoms with Crippen LogP contribution in [0.4, 0.5) is 17.1 Å². The van der Waals surface area contributed by atoms with Crippen molar-refractivity contribution >= 4 is 81.2 Å². The van der Waals surface area contributed by atoms with Gasteiger partial charge in [0.25, 0.3) is 0 Å². The van der Waals surface area contributed by atoms with Gasteiger partial charge in [0, 0.05) is 53.6 Å². The number of hydrogen-bond donors (Lipinski definition) is 0. The summed E-state index contributed by atoms with van der Waals surface area (Å²) in [5.74, 6) is 0.654. The average molecular weight is 685 g/mol. The monoisotopic (exact) mass is 684 g/mol. The molecule has 0 amide bonds. The topological polar surface area (TPSA) is 29.3 Å². The van der Waals surface area contributed by atoms with Gasteiger partial charge in [-0.15, -0.1) is 11.3 Å². The summed E-state index contributed by atoms with van der Waals surface area (Å²) >= 11 is 1.86. The molecule has 1 aliphatic carbocycles. The highest BCUT2D eigenvalue weighted by Gasteiger charge is 2.37. The quantitative estimate of drug-likeness (QED) is 0.185. The van der Waals surface area contributed by atoms with Crippen LogP contribution in [0.1, 0.15) is 25.0 Å². The zero-order chi connectivity index (χ0) is 34.6. The Balaban J connectivity index is 1.07. The molecule has 246 valence electrons. The number of fused-ring (bicyclic) bond motifs is 11. The molecule has 0 saturated heterocycles. The van der Waals surface area contributed by atoms with Crippen molar-refractivity contribution in [3.63, 3.8) is 0 Å². The van der Waals surface area contributed by atoms with Crippen LogP contribution in [0.3, 0.4) is 0 Å². The zero-order valence-corrected chi connectivity index (χ0v) is 29.5. The molecule has 8 aromatic carbocycles. The largest absolute Gasteiger partial charge is 0.435 e. The molecular weight excluding hydrogens is 653 g/mol. The summed E-state index contributed by atoms with van der Waals surface area (Å²) in [5.41, 5.74) is 11.2. The predicted octanol–water partition coefficient (Wildman–Crippen LogP) is 13.9. The third-order valence-electron chi connectivity index (χ3n) is 11.0. The summed E-state index contributed by atoms with van der Waals surface area (Å²) in [6.45, 7) is 4.72. The first-order valence-electron chi connectivity index (χ1n) is 17.8. The second kappa shape index (κ2) is 10.9. The van der Waals surface area contributed by atoms with Crippen molar-refractivity contribution in [3.8, 4) is 22.6 Å². The molecular formula is C48H32N2OS. The van der Waals surface area contributed by atoms with E-state index in [9.17, 15) is 0 Å². The van der Waals surface area contributed by atoms with Gasteiger partial charge >= 0.3 is 0 Å².